The molecule has 1 aromatic heterocycles. The average Bonchev–Trinajstić information content (AvgIpc) is 2.66. The Hall–Kier alpha value is -0.310. The number of hydrogen-bond donors (Lipinski definition) is 0. The van der Waals surface area contributed by atoms with Crippen molar-refractivity contribution in [2.75, 3.05) is 0 Å². The lowest BCUT2D eigenvalue weighted by atomic mass is 10.1. The summed E-state index contributed by atoms with van der Waals surface area (Å²) >= 11 is 30.4. The average molecular weight is 340 g/mol. The highest BCUT2D eigenvalue weighted by Gasteiger charge is 2.18. The maximum atomic E-state index is 6.19. The Morgan fingerprint density at radius 1 is 0.722 bits per heavy atom. The van der Waals surface area contributed by atoms with Gasteiger partial charge in [0.05, 0.1) is 25.5 Å². The molecule has 92 valence electrons. The fraction of sp³-hybridized carbons (Fsp3) is 0. The van der Waals surface area contributed by atoms with Gasteiger partial charge < -0.3 is 4.42 Å². The van der Waals surface area contributed by atoms with Crippen LogP contribution < -0.4 is 0 Å². The van der Waals surface area contributed by atoms with Gasteiger partial charge in [-0.05, 0) is 12.1 Å². The zero-order chi connectivity index (χ0) is 13.0. The quantitative estimate of drug-likeness (QED) is 0.408. The van der Waals surface area contributed by atoms with Crippen LogP contribution >= 0.6 is 58.0 Å². The first-order valence-corrected chi connectivity index (χ1v) is 6.73. The molecule has 18 heavy (non-hydrogen) atoms. The SMILES string of the molecule is Clc1cc(Cl)c2c(c1)oc1c(Cl)cc(Cl)c(Cl)c12. The van der Waals surface area contributed by atoms with Crippen LogP contribution in [0.1, 0.15) is 0 Å². The third-order valence-corrected chi connectivity index (χ3v) is 4.19. The molecule has 0 aliphatic heterocycles. The summed E-state index contributed by atoms with van der Waals surface area (Å²) in [6, 6.07) is 4.81. The van der Waals surface area contributed by atoms with Gasteiger partial charge in [0.2, 0.25) is 0 Å². The molecule has 3 rings (SSSR count). The van der Waals surface area contributed by atoms with E-state index >= 15 is 0 Å². The number of rotatable bonds is 0. The monoisotopic (exact) mass is 338 g/mol. The van der Waals surface area contributed by atoms with Crippen LogP contribution in [0.25, 0.3) is 21.9 Å². The van der Waals surface area contributed by atoms with Crippen molar-refractivity contribution in [1.29, 1.82) is 0 Å². The zero-order valence-corrected chi connectivity index (χ0v) is 12.3. The molecular weight excluding hydrogens is 337 g/mol. The second-order valence-electron chi connectivity index (χ2n) is 3.72. The Labute approximate surface area is 127 Å². The molecule has 1 heterocycles. The Kier molecular flexibility index (Phi) is 3.08. The van der Waals surface area contributed by atoms with Gasteiger partial charge in [0.25, 0.3) is 0 Å². The molecule has 0 N–H and O–H groups in total. The van der Waals surface area contributed by atoms with Crippen molar-refractivity contribution in [3.05, 3.63) is 43.3 Å². The van der Waals surface area contributed by atoms with Crippen molar-refractivity contribution in [1.82, 2.24) is 0 Å². The first-order chi connectivity index (χ1) is 8.49. The number of halogens is 5. The molecule has 0 atom stereocenters. The van der Waals surface area contributed by atoms with Gasteiger partial charge in [-0.25, -0.2) is 0 Å². The summed E-state index contributed by atoms with van der Waals surface area (Å²) in [5.74, 6) is 0. The van der Waals surface area contributed by atoms with Gasteiger partial charge in [-0.1, -0.05) is 58.0 Å². The van der Waals surface area contributed by atoms with E-state index in [9.17, 15) is 0 Å². The molecule has 0 radical (unpaired) electrons. The molecule has 0 saturated carbocycles. The molecule has 0 bridgehead atoms. The molecule has 0 unspecified atom stereocenters. The van der Waals surface area contributed by atoms with Crippen LogP contribution in [0.3, 0.4) is 0 Å². The topological polar surface area (TPSA) is 13.1 Å². The predicted molar refractivity (Wildman–Crippen MR) is 78.8 cm³/mol. The van der Waals surface area contributed by atoms with E-state index < -0.39 is 0 Å². The van der Waals surface area contributed by atoms with Crippen LogP contribution in [0.4, 0.5) is 0 Å². The Morgan fingerprint density at radius 2 is 1.44 bits per heavy atom. The number of fused-ring (bicyclic) bond motifs is 3. The van der Waals surface area contributed by atoms with E-state index in [0.29, 0.717) is 47.1 Å². The summed E-state index contributed by atoms with van der Waals surface area (Å²) in [4.78, 5) is 0. The van der Waals surface area contributed by atoms with Crippen LogP contribution in [-0.2, 0) is 0 Å². The maximum absolute atomic E-state index is 6.19. The number of benzene rings is 2. The van der Waals surface area contributed by atoms with Gasteiger partial charge in [0.1, 0.15) is 5.58 Å². The van der Waals surface area contributed by atoms with E-state index in [-0.39, 0.29) is 0 Å². The summed E-state index contributed by atoms with van der Waals surface area (Å²) in [6.45, 7) is 0. The maximum Gasteiger partial charge on any atom is 0.155 e. The third-order valence-electron chi connectivity index (χ3n) is 2.61. The molecular formula is C12H3Cl5O. The zero-order valence-electron chi connectivity index (χ0n) is 8.53. The Morgan fingerprint density at radius 3 is 2.17 bits per heavy atom. The molecule has 3 aromatic rings. The number of hydrogen-bond acceptors (Lipinski definition) is 1. The van der Waals surface area contributed by atoms with Crippen LogP contribution in [-0.4, -0.2) is 0 Å². The highest BCUT2D eigenvalue weighted by Crippen LogP contribution is 2.44. The molecule has 1 nitrogen and oxygen atoms in total. The van der Waals surface area contributed by atoms with Gasteiger partial charge in [-0.2, -0.15) is 0 Å². The summed E-state index contributed by atoms with van der Waals surface area (Å²) in [7, 11) is 0. The van der Waals surface area contributed by atoms with Crippen LogP contribution in [0.2, 0.25) is 25.1 Å². The smallest absolute Gasteiger partial charge is 0.155 e. The lowest BCUT2D eigenvalue weighted by Crippen LogP contribution is -1.75. The lowest BCUT2D eigenvalue weighted by molar-refractivity contribution is 0.669. The highest BCUT2D eigenvalue weighted by molar-refractivity contribution is 6.50. The van der Waals surface area contributed by atoms with Gasteiger partial charge >= 0.3 is 0 Å². The van der Waals surface area contributed by atoms with Crippen LogP contribution in [0.15, 0.2) is 22.6 Å². The Bertz CT molecular complexity index is 790. The first kappa shape index (κ1) is 12.7. The molecule has 0 spiro atoms. The second-order valence-corrected chi connectivity index (χ2v) is 5.76. The number of furan rings is 1. The van der Waals surface area contributed by atoms with Crippen molar-refractivity contribution in [3.63, 3.8) is 0 Å². The largest absolute Gasteiger partial charge is 0.454 e. The fourth-order valence-electron chi connectivity index (χ4n) is 1.88. The summed E-state index contributed by atoms with van der Waals surface area (Å²) in [5.41, 5.74) is 0.971. The predicted octanol–water partition coefficient (Wildman–Crippen LogP) is 6.85. The van der Waals surface area contributed by atoms with E-state index in [1.807, 2.05) is 0 Å². The second kappa shape index (κ2) is 4.36. The van der Waals surface area contributed by atoms with Crippen molar-refractivity contribution in [2.45, 2.75) is 0 Å². The fourth-order valence-corrected chi connectivity index (χ4v) is 3.19. The normalized spacial score (nSPS) is 11.6. The summed E-state index contributed by atoms with van der Waals surface area (Å²) in [6.07, 6.45) is 0. The molecule has 0 aliphatic rings. The van der Waals surface area contributed by atoms with Crippen molar-refractivity contribution < 1.29 is 4.42 Å². The molecule has 2 aromatic carbocycles. The van der Waals surface area contributed by atoms with E-state index in [0.717, 1.165) is 0 Å². The summed E-state index contributed by atoms with van der Waals surface area (Å²) in [5, 5.41) is 3.27. The van der Waals surface area contributed by atoms with Crippen molar-refractivity contribution in [2.24, 2.45) is 0 Å². The van der Waals surface area contributed by atoms with E-state index in [2.05, 4.69) is 0 Å². The van der Waals surface area contributed by atoms with Gasteiger partial charge in [0, 0.05) is 16.5 Å². The van der Waals surface area contributed by atoms with Crippen molar-refractivity contribution in [3.8, 4) is 0 Å². The minimum absolute atomic E-state index is 0.350. The minimum atomic E-state index is 0.350. The lowest BCUT2D eigenvalue weighted by Gasteiger charge is -2.00. The van der Waals surface area contributed by atoms with Gasteiger partial charge in [0.15, 0.2) is 5.58 Å². The van der Waals surface area contributed by atoms with Crippen LogP contribution in [0.5, 0.6) is 0 Å². The van der Waals surface area contributed by atoms with E-state index in [1.165, 1.54) is 6.07 Å². The standard InChI is InChI=1S/C12H3Cl5O/c13-4-1-5(14)9-8(2-4)18-12-7(16)3-6(15)11(17)10(9)12/h1-3H. The third kappa shape index (κ3) is 1.77. The summed E-state index contributed by atoms with van der Waals surface area (Å²) < 4.78 is 5.64. The molecule has 0 fully saturated rings. The molecule has 0 saturated heterocycles. The van der Waals surface area contributed by atoms with E-state index in [4.69, 9.17) is 62.4 Å². The van der Waals surface area contributed by atoms with Gasteiger partial charge in [-0.3, -0.25) is 0 Å². The minimum Gasteiger partial charge on any atom is -0.454 e. The molecule has 0 aliphatic carbocycles. The van der Waals surface area contributed by atoms with Crippen LogP contribution in [0, 0.1) is 0 Å². The van der Waals surface area contributed by atoms with E-state index in [1.54, 1.807) is 12.1 Å². The van der Waals surface area contributed by atoms with Crippen molar-refractivity contribution >= 4 is 79.9 Å². The molecule has 6 heteroatoms. The van der Waals surface area contributed by atoms with Gasteiger partial charge in [-0.15, -0.1) is 0 Å². The first-order valence-electron chi connectivity index (χ1n) is 4.84. The Balaban J connectivity index is 2.66. The highest BCUT2D eigenvalue weighted by atomic mass is 35.5. The molecule has 0 amide bonds.